The zero-order valence-corrected chi connectivity index (χ0v) is 20.3. The number of imide groups is 1. The number of nitrogens with zero attached hydrogens (tertiary/aromatic N) is 1. The number of fused-ring (bicyclic) bond motifs is 5. The SMILES string of the molecule is COc1ccc(Cl)cc1NC(=O)COC(=O)CN1C(=O)[C@@H]2[C@H]3C[C@@H]([C@@H](Br)[C@H]3Br)[C@H]2C1=O. The van der Waals surface area contributed by atoms with Crippen molar-refractivity contribution in [3.8, 4) is 5.75 Å². The third-order valence-electron chi connectivity index (χ3n) is 6.17. The number of carbonyl (C=O) groups is 4. The van der Waals surface area contributed by atoms with E-state index in [0.717, 1.165) is 11.3 Å². The molecule has 6 atom stereocenters. The zero-order valence-electron chi connectivity index (χ0n) is 16.3. The summed E-state index contributed by atoms with van der Waals surface area (Å²) in [4.78, 5) is 51.2. The second-order valence-corrected chi connectivity index (χ2v) is 10.4. The Kier molecular flexibility index (Phi) is 6.33. The number of nitrogens with one attached hydrogen (secondary N) is 1. The van der Waals surface area contributed by atoms with Crippen molar-refractivity contribution in [3.63, 3.8) is 0 Å². The lowest BCUT2D eigenvalue weighted by molar-refractivity contribution is -0.154. The van der Waals surface area contributed by atoms with Crippen LogP contribution in [0.5, 0.6) is 5.75 Å². The van der Waals surface area contributed by atoms with Crippen molar-refractivity contribution in [1.82, 2.24) is 4.90 Å². The summed E-state index contributed by atoms with van der Waals surface area (Å²) in [7, 11) is 1.44. The summed E-state index contributed by atoms with van der Waals surface area (Å²) < 4.78 is 10.1. The highest BCUT2D eigenvalue weighted by atomic mass is 79.9. The molecule has 1 aliphatic heterocycles. The Labute approximate surface area is 200 Å². The van der Waals surface area contributed by atoms with Crippen molar-refractivity contribution >= 4 is 72.8 Å². The Morgan fingerprint density at radius 1 is 1.16 bits per heavy atom. The van der Waals surface area contributed by atoms with Gasteiger partial charge in [-0.15, -0.1) is 0 Å². The summed E-state index contributed by atoms with van der Waals surface area (Å²) in [6.07, 6.45) is 0.810. The minimum Gasteiger partial charge on any atom is -0.495 e. The van der Waals surface area contributed by atoms with E-state index in [2.05, 4.69) is 37.2 Å². The molecule has 8 nitrogen and oxygen atoms in total. The molecule has 3 aliphatic rings. The van der Waals surface area contributed by atoms with Gasteiger partial charge in [0.25, 0.3) is 5.91 Å². The van der Waals surface area contributed by atoms with E-state index in [4.69, 9.17) is 21.1 Å². The normalized spacial score (nSPS) is 31.0. The number of esters is 1. The number of rotatable bonds is 6. The number of halogens is 3. The summed E-state index contributed by atoms with van der Waals surface area (Å²) in [6.45, 7) is -1.08. The Morgan fingerprint density at radius 2 is 1.77 bits per heavy atom. The Bertz CT molecular complexity index is 928. The van der Waals surface area contributed by atoms with Crippen molar-refractivity contribution in [2.24, 2.45) is 23.7 Å². The largest absolute Gasteiger partial charge is 0.495 e. The molecule has 166 valence electrons. The van der Waals surface area contributed by atoms with Crippen molar-refractivity contribution in [1.29, 1.82) is 0 Å². The fourth-order valence-electron chi connectivity index (χ4n) is 4.85. The molecule has 11 heteroatoms. The van der Waals surface area contributed by atoms with Crippen LogP contribution in [0.1, 0.15) is 6.42 Å². The van der Waals surface area contributed by atoms with E-state index in [-0.39, 0.29) is 33.3 Å². The van der Waals surface area contributed by atoms with Crippen LogP contribution in [0.25, 0.3) is 0 Å². The van der Waals surface area contributed by atoms with Gasteiger partial charge >= 0.3 is 5.97 Å². The highest BCUT2D eigenvalue weighted by Crippen LogP contribution is 2.60. The molecule has 1 N–H and O–H groups in total. The molecule has 1 aromatic rings. The molecule has 1 heterocycles. The molecule has 31 heavy (non-hydrogen) atoms. The topological polar surface area (TPSA) is 102 Å². The molecular weight excluding hydrogens is 559 g/mol. The van der Waals surface area contributed by atoms with E-state index in [1.165, 1.54) is 13.2 Å². The van der Waals surface area contributed by atoms with Crippen LogP contribution in [-0.4, -0.2) is 58.5 Å². The molecule has 3 amide bonds. The lowest BCUT2D eigenvalue weighted by atomic mass is 9.81. The van der Waals surface area contributed by atoms with Crippen LogP contribution in [-0.2, 0) is 23.9 Å². The number of hydrogen-bond donors (Lipinski definition) is 1. The van der Waals surface area contributed by atoms with E-state index in [9.17, 15) is 19.2 Å². The molecule has 0 aromatic heterocycles. The second kappa shape index (κ2) is 8.71. The van der Waals surface area contributed by atoms with E-state index >= 15 is 0 Å². The first-order valence-electron chi connectivity index (χ1n) is 9.65. The highest BCUT2D eigenvalue weighted by Gasteiger charge is 2.66. The quantitative estimate of drug-likeness (QED) is 0.317. The van der Waals surface area contributed by atoms with Crippen LogP contribution in [0, 0.1) is 23.7 Å². The molecular formula is C20H19Br2ClN2O6. The Morgan fingerprint density at radius 3 is 2.35 bits per heavy atom. The number of anilines is 1. The number of benzene rings is 1. The lowest BCUT2D eigenvalue weighted by Crippen LogP contribution is -2.38. The average Bonchev–Trinajstić information content (AvgIpc) is 3.33. The van der Waals surface area contributed by atoms with Crippen molar-refractivity contribution in [2.45, 2.75) is 16.1 Å². The van der Waals surface area contributed by atoms with Crippen molar-refractivity contribution < 1.29 is 28.7 Å². The molecule has 2 bridgehead atoms. The number of alkyl halides is 2. The standard InChI is InChI=1S/C20H19Br2ClN2O6/c1-30-12-3-2-8(23)4-11(12)24-13(26)7-31-14(27)6-25-19(28)15-9-5-10(16(15)20(25)29)18(22)17(9)21/h2-4,9-10,15-18H,5-7H2,1H3,(H,24,26)/t9-,10-,15-,16-,17-,18+/m1/s1. The Hall–Kier alpha value is -1.65. The van der Waals surface area contributed by atoms with Gasteiger partial charge in [0.15, 0.2) is 6.61 Å². The van der Waals surface area contributed by atoms with Crippen LogP contribution in [0.3, 0.4) is 0 Å². The highest BCUT2D eigenvalue weighted by molar-refractivity contribution is 9.12. The fraction of sp³-hybridized carbons (Fsp3) is 0.500. The molecule has 0 unspecified atom stereocenters. The van der Waals surface area contributed by atoms with Crippen LogP contribution in [0.4, 0.5) is 5.69 Å². The fourth-order valence-corrected chi connectivity index (χ4v) is 6.90. The smallest absolute Gasteiger partial charge is 0.326 e. The summed E-state index contributed by atoms with van der Waals surface area (Å²) in [5.74, 6) is -2.38. The third kappa shape index (κ3) is 3.98. The van der Waals surface area contributed by atoms with Gasteiger partial charge in [-0.1, -0.05) is 43.5 Å². The van der Waals surface area contributed by atoms with Crippen molar-refractivity contribution in [2.75, 3.05) is 25.6 Å². The first-order valence-corrected chi connectivity index (χ1v) is 11.9. The van der Waals surface area contributed by atoms with Crippen LogP contribution < -0.4 is 10.1 Å². The van der Waals surface area contributed by atoms with Crippen LogP contribution in [0.2, 0.25) is 5.02 Å². The number of carbonyl (C=O) groups excluding carboxylic acids is 4. The second-order valence-electron chi connectivity index (χ2n) is 7.82. The lowest BCUT2D eigenvalue weighted by Gasteiger charge is -2.28. The van der Waals surface area contributed by atoms with Gasteiger partial charge in [-0.3, -0.25) is 24.1 Å². The number of likely N-dealkylation sites (tertiary alicyclic amines) is 1. The van der Waals surface area contributed by atoms with E-state index in [1.807, 2.05) is 0 Å². The van der Waals surface area contributed by atoms with Gasteiger partial charge in [0.2, 0.25) is 11.8 Å². The van der Waals surface area contributed by atoms with Gasteiger partial charge in [-0.25, -0.2) is 0 Å². The molecule has 2 aliphatic carbocycles. The van der Waals surface area contributed by atoms with Crippen LogP contribution >= 0.6 is 43.5 Å². The van der Waals surface area contributed by atoms with Crippen molar-refractivity contribution in [3.05, 3.63) is 23.2 Å². The Balaban J connectivity index is 1.33. The average molecular weight is 579 g/mol. The van der Waals surface area contributed by atoms with E-state index in [0.29, 0.717) is 16.5 Å². The van der Waals surface area contributed by atoms with Gasteiger partial charge in [0.1, 0.15) is 12.3 Å². The number of methoxy groups -OCH3 is 1. The van der Waals surface area contributed by atoms with Gasteiger partial charge in [0.05, 0.1) is 24.6 Å². The molecule has 2 saturated carbocycles. The van der Waals surface area contributed by atoms with E-state index in [1.54, 1.807) is 12.1 Å². The van der Waals surface area contributed by atoms with Crippen LogP contribution in [0.15, 0.2) is 18.2 Å². The minimum atomic E-state index is -0.826. The molecule has 4 rings (SSSR count). The van der Waals surface area contributed by atoms with E-state index < -0.39 is 36.9 Å². The molecule has 0 spiro atoms. The van der Waals surface area contributed by atoms with Gasteiger partial charge in [-0.05, 0) is 36.5 Å². The minimum absolute atomic E-state index is 0.0651. The molecule has 1 aromatic carbocycles. The maximum atomic E-state index is 12.8. The number of hydrogen-bond acceptors (Lipinski definition) is 6. The monoisotopic (exact) mass is 576 g/mol. The summed E-state index contributed by atoms with van der Waals surface area (Å²) in [6, 6.07) is 4.70. The summed E-state index contributed by atoms with van der Waals surface area (Å²) >= 11 is 13.2. The van der Waals surface area contributed by atoms with Gasteiger partial charge < -0.3 is 14.8 Å². The van der Waals surface area contributed by atoms with Gasteiger partial charge in [0, 0.05) is 14.7 Å². The van der Waals surface area contributed by atoms with Gasteiger partial charge in [-0.2, -0.15) is 0 Å². The maximum absolute atomic E-state index is 12.8. The summed E-state index contributed by atoms with van der Waals surface area (Å²) in [5.41, 5.74) is 0.331. The third-order valence-corrected chi connectivity index (χ3v) is 9.61. The predicted octanol–water partition coefficient (Wildman–Crippen LogP) is 2.61. The maximum Gasteiger partial charge on any atom is 0.326 e. The number of amides is 3. The summed E-state index contributed by atoms with van der Waals surface area (Å²) in [5, 5.41) is 2.95. The molecule has 1 saturated heterocycles. The predicted molar refractivity (Wildman–Crippen MR) is 118 cm³/mol. The first kappa shape index (κ1) is 22.5. The molecule has 0 radical (unpaired) electrons. The number of ether oxygens (including phenoxy) is 2. The zero-order chi connectivity index (χ0) is 22.4. The first-order chi connectivity index (χ1) is 14.7. The molecule has 3 fully saturated rings.